The minimum Gasteiger partial charge on any atom is -0.389 e. The van der Waals surface area contributed by atoms with Crippen molar-refractivity contribution >= 4 is 10.9 Å². The van der Waals surface area contributed by atoms with E-state index in [4.69, 9.17) is 4.74 Å². The number of para-hydroxylation sites is 1. The molecule has 1 aliphatic heterocycles. The van der Waals surface area contributed by atoms with Crippen LogP contribution >= 0.6 is 0 Å². The Morgan fingerprint density at radius 3 is 2.65 bits per heavy atom. The predicted octanol–water partition coefficient (Wildman–Crippen LogP) is 3.10. The molecule has 2 unspecified atom stereocenters. The van der Waals surface area contributed by atoms with E-state index >= 15 is 0 Å². The number of hydrogen-bond acceptors (Lipinski definition) is 3. The summed E-state index contributed by atoms with van der Waals surface area (Å²) in [6.45, 7) is 4.07. The van der Waals surface area contributed by atoms with Crippen LogP contribution < -0.4 is 0 Å². The van der Waals surface area contributed by atoms with Gasteiger partial charge in [-0.2, -0.15) is 0 Å². The van der Waals surface area contributed by atoms with Crippen molar-refractivity contribution in [3.05, 3.63) is 42.1 Å². The van der Waals surface area contributed by atoms with Gasteiger partial charge in [-0.05, 0) is 31.5 Å². The van der Waals surface area contributed by atoms with Crippen molar-refractivity contribution in [3.8, 4) is 0 Å². The molecule has 2 atom stereocenters. The van der Waals surface area contributed by atoms with Crippen LogP contribution in [0.5, 0.6) is 0 Å². The number of ether oxygens (including phenoxy) is 1. The van der Waals surface area contributed by atoms with Crippen LogP contribution in [0.2, 0.25) is 0 Å². The zero-order chi connectivity index (χ0) is 14.2. The van der Waals surface area contributed by atoms with Gasteiger partial charge in [0.1, 0.15) is 0 Å². The highest BCUT2D eigenvalue weighted by Crippen LogP contribution is 2.33. The van der Waals surface area contributed by atoms with E-state index in [1.54, 1.807) is 0 Å². The first-order valence-electron chi connectivity index (χ1n) is 7.26. The first-order chi connectivity index (χ1) is 9.56. The molecule has 1 aromatic heterocycles. The lowest BCUT2D eigenvalue weighted by atomic mass is 9.82. The summed E-state index contributed by atoms with van der Waals surface area (Å²) in [5.74, 6) is 0. The van der Waals surface area contributed by atoms with Crippen LogP contribution in [0.1, 0.15) is 32.3 Å². The molecule has 0 bridgehead atoms. The Morgan fingerprint density at radius 2 is 1.90 bits per heavy atom. The van der Waals surface area contributed by atoms with E-state index in [9.17, 15) is 5.11 Å². The Bertz CT molecular complexity index is 595. The minimum absolute atomic E-state index is 0.108. The van der Waals surface area contributed by atoms with E-state index in [0.717, 1.165) is 10.9 Å². The van der Waals surface area contributed by atoms with Gasteiger partial charge < -0.3 is 9.84 Å². The highest BCUT2D eigenvalue weighted by Gasteiger charge is 2.37. The average molecular weight is 271 g/mol. The fourth-order valence-corrected chi connectivity index (χ4v) is 3.45. The molecule has 1 fully saturated rings. The second kappa shape index (κ2) is 5.15. The van der Waals surface area contributed by atoms with Gasteiger partial charge in [0.2, 0.25) is 0 Å². The molecular weight excluding hydrogens is 250 g/mol. The molecule has 0 saturated carbocycles. The normalized spacial score (nSPS) is 30.6. The molecule has 0 aliphatic carbocycles. The van der Waals surface area contributed by atoms with E-state index in [1.165, 1.54) is 5.56 Å². The lowest BCUT2D eigenvalue weighted by molar-refractivity contribution is -0.130. The summed E-state index contributed by atoms with van der Waals surface area (Å²) in [5, 5.41) is 12.1. The molecule has 2 heterocycles. The van der Waals surface area contributed by atoms with Crippen molar-refractivity contribution < 1.29 is 9.84 Å². The predicted molar refractivity (Wildman–Crippen MR) is 79.6 cm³/mol. The minimum atomic E-state index is -0.679. The molecule has 106 valence electrons. The highest BCUT2D eigenvalue weighted by atomic mass is 16.5. The van der Waals surface area contributed by atoms with Crippen molar-refractivity contribution in [1.29, 1.82) is 0 Å². The SMILES string of the molecule is CC1CC(O)(Cc2ccnc3ccccc23)CC(C)O1. The monoisotopic (exact) mass is 271 g/mol. The summed E-state index contributed by atoms with van der Waals surface area (Å²) in [6, 6.07) is 10.1. The quantitative estimate of drug-likeness (QED) is 0.912. The van der Waals surface area contributed by atoms with E-state index in [2.05, 4.69) is 11.1 Å². The maximum Gasteiger partial charge on any atom is 0.0737 e. The van der Waals surface area contributed by atoms with Crippen LogP contribution in [0.15, 0.2) is 36.5 Å². The summed E-state index contributed by atoms with van der Waals surface area (Å²) >= 11 is 0. The van der Waals surface area contributed by atoms with E-state index < -0.39 is 5.60 Å². The molecule has 1 aromatic carbocycles. The second-order valence-electron chi connectivity index (χ2n) is 6.05. The molecule has 3 nitrogen and oxygen atoms in total. The standard InChI is InChI=1S/C17H21NO2/c1-12-9-17(19,10-13(2)20-12)11-14-7-8-18-16-6-4-3-5-15(14)16/h3-8,12-13,19H,9-11H2,1-2H3. The number of rotatable bonds is 2. The van der Waals surface area contributed by atoms with E-state index in [1.807, 2.05) is 44.3 Å². The van der Waals surface area contributed by atoms with Gasteiger partial charge in [0.15, 0.2) is 0 Å². The lowest BCUT2D eigenvalue weighted by Gasteiger charge is -2.39. The lowest BCUT2D eigenvalue weighted by Crippen LogP contribution is -2.44. The number of aliphatic hydroxyl groups is 1. The van der Waals surface area contributed by atoms with Crippen molar-refractivity contribution in [2.24, 2.45) is 0 Å². The van der Waals surface area contributed by atoms with Crippen LogP contribution in [0, 0.1) is 0 Å². The maximum absolute atomic E-state index is 10.9. The fourth-order valence-electron chi connectivity index (χ4n) is 3.45. The number of benzene rings is 1. The summed E-state index contributed by atoms with van der Waals surface area (Å²) in [4.78, 5) is 4.38. The molecule has 0 radical (unpaired) electrons. The summed E-state index contributed by atoms with van der Waals surface area (Å²) in [5.41, 5.74) is 1.47. The number of aromatic nitrogens is 1. The van der Waals surface area contributed by atoms with Gasteiger partial charge in [-0.25, -0.2) is 0 Å². The Kier molecular flexibility index (Phi) is 3.48. The van der Waals surface area contributed by atoms with Gasteiger partial charge in [-0.3, -0.25) is 4.98 Å². The fraction of sp³-hybridized carbons (Fsp3) is 0.471. The van der Waals surface area contributed by atoms with Gasteiger partial charge in [0.25, 0.3) is 0 Å². The van der Waals surface area contributed by atoms with Crippen molar-refractivity contribution in [3.63, 3.8) is 0 Å². The zero-order valence-electron chi connectivity index (χ0n) is 12.0. The third-order valence-corrected chi connectivity index (χ3v) is 4.06. The molecule has 0 amide bonds. The number of nitrogens with zero attached hydrogens (tertiary/aromatic N) is 1. The maximum atomic E-state index is 10.9. The van der Waals surface area contributed by atoms with Gasteiger partial charge in [-0.1, -0.05) is 18.2 Å². The topological polar surface area (TPSA) is 42.4 Å². The van der Waals surface area contributed by atoms with Gasteiger partial charge in [0, 0.05) is 30.8 Å². The smallest absolute Gasteiger partial charge is 0.0737 e. The van der Waals surface area contributed by atoms with Crippen LogP contribution in [0.4, 0.5) is 0 Å². The first kappa shape index (κ1) is 13.5. The van der Waals surface area contributed by atoms with Gasteiger partial charge >= 0.3 is 0 Å². The molecule has 3 heteroatoms. The van der Waals surface area contributed by atoms with Crippen molar-refractivity contribution in [2.45, 2.75) is 50.9 Å². The first-order valence-corrected chi connectivity index (χ1v) is 7.26. The highest BCUT2D eigenvalue weighted by molar-refractivity contribution is 5.81. The molecule has 1 N–H and O–H groups in total. The second-order valence-corrected chi connectivity index (χ2v) is 6.05. The Labute approximate surface area is 119 Å². The Morgan fingerprint density at radius 1 is 1.20 bits per heavy atom. The zero-order valence-corrected chi connectivity index (χ0v) is 12.0. The number of fused-ring (bicyclic) bond motifs is 1. The summed E-state index contributed by atoms with van der Waals surface area (Å²) < 4.78 is 5.73. The largest absolute Gasteiger partial charge is 0.389 e. The average Bonchev–Trinajstić information content (AvgIpc) is 2.37. The van der Waals surface area contributed by atoms with Crippen molar-refractivity contribution in [1.82, 2.24) is 4.98 Å². The molecule has 1 saturated heterocycles. The Hall–Kier alpha value is -1.45. The van der Waals surface area contributed by atoms with E-state index in [0.29, 0.717) is 19.3 Å². The molecule has 0 spiro atoms. The van der Waals surface area contributed by atoms with Crippen LogP contribution in [-0.4, -0.2) is 27.9 Å². The molecule has 2 aromatic rings. The number of pyridine rings is 1. The molecule has 1 aliphatic rings. The molecule has 20 heavy (non-hydrogen) atoms. The number of hydrogen-bond donors (Lipinski definition) is 1. The van der Waals surface area contributed by atoms with Gasteiger partial charge in [-0.15, -0.1) is 0 Å². The van der Waals surface area contributed by atoms with Crippen molar-refractivity contribution in [2.75, 3.05) is 0 Å². The Balaban J connectivity index is 1.92. The van der Waals surface area contributed by atoms with Crippen LogP contribution in [0.25, 0.3) is 10.9 Å². The van der Waals surface area contributed by atoms with Crippen LogP contribution in [0.3, 0.4) is 0 Å². The van der Waals surface area contributed by atoms with E-state index in [-0.39, 0.29) is 12.2 Å². The summed E-state index contributed by atoms with van der Waals surface area (Å²) in [6.07, 6.45) is 4.08. The third-order valence-electron chi connectivity index (χ3n) is 4.06. The van der Waals surface area contributed by atoms with Crippen LogP contribution in [-0.2, 0) is 11.2 Å². The van der Waals surface area contributed by atoms with Gasteiger partial charge in [0.05, 0.1) is 23.3 Å². The third kappa shape index (κ3) is 2.69. The summed E-state index contributed by atoms with van der Waals surface area (Å²) in [7, 11) is 0. The molecular formula is C17H21NO2. The molecule has 3 rings (SSSR count).